The van der Waals surface area contributed by atoms with E-state index < -0.39 is 0 Å². The standard InChI is InChI=1S/C18H23NS/c1-14(15-6-3-2-4-7-15)10-12-19-17-8-5-9-18-16(17)11-13-20-18/h2-4,6-7,11,13-14,17,19H,5,8-10,12H2,1H3. The molecular weight excluding hydrogens is 262 g/mol. The summed E-state index contributed by atoms with van der Waals surface area (Å²) in [5.41, 5.74) is 3.02. The molecule has 2 heteroatoms. The summed E-state index contributed by atoms with van der Waals surface area (Å²) in [6.45, 7) is 3.43. The molecule has 0 aliphatic heterocycles. The highest BCUT2D eigenvalue weighted by molar-refractivity contribution is 7.10. The minimum Gasteiger partial charge on any atom is -0.310 e. The number of hydrogen-bond donors (Lipinski definition) is 1. The highest BCUT2D eigenvalue weighted by Gasteiger charge is 2.20. The van der Waals surface area contributed by atoms with E-state index in [1.807, 2.05) is 11.3 Å². The summed E-state index contributed by atoms with van der Waals surface area (Å²) in [5, 5.41) is 6.02. The largest absolute Gasteiger partial charge is 0.310 e. The monoisotopic (exact) mass is 285 g/mol. The Labute approximate surface area is 126 Å². The molecule has 0 amide bonds. The topological polar surface area (TPSA) is 12.0 Å². The Kier molecular flexibility index (Phi) is 4.54. The van der Waals surface area contributed by atoms with Gasteiger partial charge in [-0.25, -0.2) is 0 Å². The van der Waals surface area contributed by atoms with Crippen LogP contribution in [-0.2, 0) is 6.42 Å². The van der Waals surface area contributed by atoms with E-state index >= 15 is 0 Å². The maximum atomic E-state index is 3.77. The van der Waals surface area contributed by atoms with E-state index in [4.69, 9.17) is 0 Å². The molecular formula is C18H23NS. The molecule has 1 N–H and O–H groups in total. The second-order valence-corrected chi connectivity index (χ2v) is 6.80. The minimum atomic E-state index is 0.591. The predicted octanol–water partition coefficient (Wildman–Crippen LogP) is 4.91. The lowest BCUT2D eigenvalue weighted by molar-refractivity contribution is 0.450. The molecule has 0 saturated carbocycles. The average molecular weight is 285 g/mol. The molecule has 20 heavy (non-hydrogen) atoms. The molecule has 0 bridgehead atoms. The van der Waals surface area contributed by atoms with Crippen LogP contribution >= 0.6 is 11.3 Å². The van der Waals surface area contributed by atoms with Gasteiger partial charge in [-0.15, -0.1) is 11.3 Å². The van der Waals surface area contributed by atoms with Crippen molar-refractivity contribution in [3.8, 4) is 0 Å². The van der Waals surface area contributed by atoms with E-state index in [0.717, 1.165) is 6.54 Å². The molecule has 0 spiro atoms. The lowest BCUT2D eigenvalue weighted by atomic mass is 9.93. The highest BCUT2D eigenvalue weighted by Crippen LogP contribution is 2.33. The van der Waals surface area contributed by atoms with Crippen LogP contribution in [0, 0.1) is 0 Å². The van der Waals surface area contributed by atoms with Gasteiger partial charge in [0.25, 0.3) is 0 Å². The molecule has 0 fully saturated rings. The van der Waals surface area contributed by atoms with Gasteiger partial charge in [-0.3, -0.25) is 0 Å². The summed E-state index contributed by atoms with van der Waals surface area (Å²) in [4.78, 5) is 1.60. The van der Waals surface area contributed by atoms with Gasteiger partial charge in [0.05, 0.1) is 0 Å². The number of aryl methyl sites for hydroxylation is 1. The van der Waals surface area contributed by atoms with Crippen molar-refractivity contribution in [2.45, 2.75) is 44.6 Å². The van der Waals surface area contributed by atoms with Crippen molar-refractivity contribution in [2.75, 3.05) is 6.54 Å². The Balaban J connectivity index is 1.52. The lowest BCUT2D eigenvalue weighted by Gasteiger charge is -2.24. The molecule has 0 saturated heterocycles. The van der Waals surface area contributed by atoms with Crippen LogP contribution in [-0.4, -0.2) is 6.54 Å². The van der Waals surface area contributed by atoms with Gasteiger partial charge in [-0.05, 0) is 60.7 Å². The van der Waals surface area contributed by atoms with Crippen molar-refractivity contribution < 1.29 is 0 Å². The Morgan fingerprint density at radius 2 is 2.10 bits per heavy atom. The molecule has 0 radical (unpaired) electrons. The maximum absolute atomic E-state index is 3.77. The SMILES string of the molecule is CC(CCNC1CCCc2sccc21)c1ccccc1. The molecule has 1 aromatic heterocycles. The molecule has 106 valence electrons. The number of hydrogen-bond acceptors (Lipinski definition) is 2. The van der Waals surface area contributed by atoms with E-state index in [-0.39, 0.29) is 0 Å². The van der Waals surface area contributed by atoms with Crippen molar-refractivity contribution in [1.82, 2.24) is 5.32 Å². The van der Waals surface area contributed by atoms with Crippen molar-refractivity contribution >= 4 is 11.3 Å². The van der Waals surface area contributed by atoms with Gasteiger partial charge in [-0.1, -0.05) is 37.3 Å². The number of fused-ring (bicyclic) bond motifs is 1. The second-order valence-electron chi connectivity index (χ2n) is 5.80. The number of benzene rings is 1. The van der Waals surface area contributed by atoms with E-state index in [2.05, 4.69) is 54.0 Å². The zero-order valence-corrected chi connectivity index (χ0v) is 13.0. The fraction of sp³-hybridized carbons (Fsp3) is 0.444. The Morgan fingerprint density at radius 3 is 2.95 bits per heavy atom. The lowest BCUT2D eigenvalue weighted by Crippen LogP contribution is -2.25. The van der Waals surface area contributed by atoms with Crippen LogP contribution in [0.4, 0.5) is 0 Å². The van der Waals surface area contributed by atoms with Crippen LogP contribution in [0.15, 0.2) is 41.8 Å². The molecule has 2 aromatic rings. The minimum absolute atomic E-state index is 0.591. The third-order valence-electron chi connectivity index (χ3n) is 4.39. The van der Waals surface area contributed by atoms with Crippen LogP contribution in [0.5, 0.6) is 0 Å². The van der Waals surface area contributed by atoms with Gasteiger partial charge in [0.15, 0.2) is 0 Å². The first-order valence-electron chi connectivity index (χ1n) is 7.69. The second kappa shape index (κ2) is 6.55. The molecule has 1 nitrogen and oxygen atoms in total. The van der Waals surface area contributed by atoms with Gasteiger partial charge in [0.1, 0.15) is 0 Å². The van der Waals surface area contributed by atoms with Gasteiger partial charge >= 0.3 is 0 Å². The normalized spacial score (nSPS) is 19.6. The molecule has 1 heterocycles. The Morgan fingerprint density at radius 1 is 1.25 bits per heavy atom. The van der Waals surface area contributed by atoms with Gasteiger partial charge in [-0.2, -0.15) is 0 Å². The Hall–Kier alpha value is -1.12. The molecule has 2 unspecified atom stereocenters. The molecule has 1 aromatic carbocycles. The summed E-state index contributed by atoms with van der Waals surface area (Å²) in [5.74, 6) is 0.634. The number of rotatable bonds is 5. The Bertz CT molecular complexity index is 531. The number of thiophene rings is 1. The van der Waals surface area contributed by atoms with Crippen molar-refractivity contribution in [3.63, 3.8) is 0 Å². The zero-order chi connectivity index (χ0) is 13.8. The zero-order valence-electron chi connectivity index (χ0n) is 12.1. The predicted molar refractivity (Wildman–Crippen MR) is 87.5 cm³/mol. The fourth-order valence-corrected chi connectivity index (χ4v) is 4.11. The summed E-state index contributed by atoms with van der Waals surface area (Å²) in [6.07, 6.45) is 5.12. The fourth-order valence-electron chi connectivity index (χ4n) is 3.12. The first kappa shape index (κ1) is 13.8. The van der Waals surface area contributed by atoms with Gasteiger partial charge in [0, 0.05) is 10.9 Å². The molecule has 1 aliphatic carbocycles. The first-order valence-corrected chi connectivity index (χ1v) is 8.57. The van der Waals surface area contributed by atoms with Crippen molar-refractivity contribution in [3.05, 3.63) is 57.8 Å². The van der Waals surface area contributed by atoms with E-state index in [1.165, 1.54) is 31.2 Å². The van der Waals surface area contributed by atoms with Crippen LogP contribution in [0.3, 0.4) is 0 Å². The summed E-state index contributed by atoms with van der Waals surface area (Å²) >= 11 is 1.93. The van der Waals surface area contributed by atoms with E-state index in [1.54, 1.807) is 10.4 Å². The molecule has 1 aliphatic rings. The van der Waals surface area contributed by atoms with E-state index in [9.17, 15) is 0 Å². The van der Waals surface area contributed by atoms with Crippen LogP contribution in [0.2, 0.25) is 0 Å². The highest BCUT2D eigenvalue weighted by atomic mass is 32.1. The third-order valence-corrected chi connectivity index (χ3v) is 5.39. The van der Waals surface area contributed by atoms with Crippen molar-refractivity contribution in [2.24, 2.45) is 0 Å². The summed E-state index contributed by atoms with van der Waals surface area (Å²) < 4.78 is 0. The quantitative estimate of drug-likeness (QED) is 0.823. The average Bonchev–Trinajstić information content (AvgIpc) is 2.97. The van der Waals surface area contributed by atoms with E-state index in [0.29, 0.717) is 12.0 Å². The smallest absolute Gasteiger partial charge is 0.0331 e. The molecule has 2 atom stereocenters. The van der Waals surface area contributed by atoms with Crippen molar-refractivity contribution in [1.29, 1.82) is 0 Å². The van der Waals surface area contributed by atoms with Gasteiger partial charge < -0.3 is 5.32 Å². The van der Waals surface area contributed by atoms with Gasteiger partial charge in [0.2, 0.25) is 0 Å². The van der Waals surface area contributed by atoms with Crippen LogP contribution in [0.25, 0.3) is 0 Å². The summed E-state index contributed by atoms with van der Waals surface area (Å²) in [6, 6.07) is 13.8. The van der Waals surface area contributed by atoms with Crippen LogP contribution < -0.4 is 5.32 Å². The third kappa shape index (κ3) is 3.13. The number of nitrogens with one attached hydrogen (secondary N) is 1. The summed E-state index contributed by atoms with van der Waals surface area (Å²) in [7, 11) is 0. The first-order chi connectivity index (χ1) is 9.84. The molecule has 3 rings (SSSR count). The van der Waals surface area contributed by atoms with Crippen LogP contribution in [0.1, 0.15) is 54.1 Å². The maximum Gasteiger partial charge on any atom is 0.0331 e.